The highest BCUT2D eigenvalue weighted by Crippen LogP contribution is 2.27. The van der Waals surface area contributed by atoms with Crippen molar-refractivity contribution in [3.63, 3.8) is 0 Å². The number of benzene rings is 2. The third-order valence-electron chi connectivity index (χ3n) is 4.61. The molecule has 0 aliphatic heterocycles. The number of amides is 1. The fourth-order valence-electron chi connectivity index (χ4n) is 2.88. The summed E-state index contributed by atoms with van der Waals surface area (Å²) in [7, 11) is 0. The number of ether oxygens (including phenoxy) is 1. The zero-order valence-electron chi connectivity index (χ0n) is 15.7. The minimum Gasteiger partial charge on any atom is -0.481 e. The van der Waals surface area contributed by atoms with Gasteiger partial charge < -0.3 is 10.1 Å². The lowest BCUT2D eigenvalue weighted by atomic mass is 9.98. The lowest BCUT2D eigenvalue weighted by Crippen LogP contribution is -2.31. The molecule has 1 atom stereocenters. The molecule has 0 aromatic heterocycles. The van der Waals surface area contributed by atoms with Crippen molar-refractivity contribution in [1.82, 2.24) is 0 Å². The standard InChI is InChI=1S/C21H27NO2/c1-12-8-9-19(14(3)10-12)24-18(7)21(23)22-20-15(4)11-13(2)16(5)17(20)6/h8-11,18H,1-7H3,(H,22,23). The molecule has 0 aliphatic carbocycles. The molecule has 1 N–H and O–H groups in total. The summed E-state index contributed by atoms with van der Waals surface area (Å²) in [5.74, 6) is 0.612. The van der Waals surface area contributed by atoms with Crippen molar-refractivity contribution in [3.8, 4) is 5.75 Å². The topological polar surface area (TPSA) is 38.3 Å². The Bertz CT molecular complexity index is 778. The predicted octanol–water partition coefficient (Wildman–Crippen LogP) is 4.94. The van der Waals surface area contributed by atoms with Crippen LogP contribution in [0.5, 0.6) is 5.75 Å². The second kappa shape index (κ2) is 7.08. The van der Waals surface area contributed by atoms with Crippen molar-refractivity contribution in [2.45, 2.75) is 54.6 Å². The predicted molar refractivity (Wildman–Crippen MR) is 100 cm³/mol. The first-order chi connectivity index (χ1) is 11.2. The average molecular weight is 325 g/mol. The van der Waals surface area contributed by atoms with E-state index >= 15 is 0 Å². The third-order valence-corrected chi connectivity index (χ3v) is 4.61. The van der Waals surface area contributed by atoms with Gasteiger partial charge in [-0.15, -0.1) is 0 Å². The van der Waals surface area contributed by atoms with Crippen molar-refractivity contribution in [2.24, 2.45) is 0 Å². The number of nitrogens with one attached hydrogen (secondary N) is 1. The molecule has 0 saturated heterocycles. The first-order valence-electron chi connectivity index (χ1n) is 8.33. The number of hydrogen-bond acceptors (Lipinski definition) is 2. The average Bonchev–Trinajstić information content (AvgIpc) is 2.51. The summed E-state index contributed by atoms with van der Waals surface area (Å²) >= 11 is 0. The van der Waals surface area contributed by atoms with E-state index < -0.39 is 6.10 Å². The van der Waals surface area contributed by atoms with Crippen LogP contribution >= 0.6 is 0 Å². The van der Waals surface area contributed by atoms with Crippen LogP contribution in [0.2, 0.25) is 0 Å². The maximum atomic E-state index is 12.6. The second-order valence-electron chi connectivity index (χ2n) is 6.65. The Morgan fingerprint density at radius 1 is 0.917 bits per heavy atom. The van der Waals surface area contributed by atoms with E-state index in [1.807, 2.05) is 39.8 Å². The Labute approximate surface area is 145 Å². The van der Waals surface area contributed by atoms with Gasteiger partial charge in [-0.25, -0.2) is 0 Å². The van der Waals surface area contributed by atoms with Gasteiger partial charge >= 0.3 is 0 Å². The van der Waals surface area contributed by atoms with Gasteiger partial charge in [-0.1, -0.05) is 23.8 Å². The van der Waals surface area contributed by atoms with E-state index in [2.05, 4.69) is 31.3 Å². The minimum absolute atomic E-state index is 0.135. The molecule has 2 rings (SSSR count). The monoisotopic (exact) mass is 325 g/mol. The molecule has 1 amide bonds. The summed E-state index contributed by atoms with van der Waals surface area (Å²) in [6.45, 7) is 14.0. The second-order valence-corrected chi connectivity index (χ2v) is 6.65. The van der Waals surface area contributed by atoms with E-state index in [1.165, 1.54) is 16.7 Å². The molecule has 2 aromatic rings. The normalized spacial score (nSPS) is 12.0. The van der Waals surface area contributed by atoms with Gasteiger partial charge in [-0.05, 0) is 82.3 Å². The van der Waals surface area contributed by atoms with Crippen molar-refractivity contribution in [3.05, 3.63) is 57.6 Å². The molecule has 0 heterocycles. The zero-order valence-corrected chi connectivity index (χ0v) is 15.7. The van der Waals surface area contributed by atoms with Gasteiger partial charge in [0.1, 0.15) is 5.75 Å². The van der Waals surface area contributed by atoms with Crippen LogP contribution < -0.4 is 10.1 Å². The minimum atomic E-state index is -0.563. The molecule has 0 bridgehead atoms. The number of hydrogen-bond donors (Lipinski definition) is 1. The van der Waals surface area contributed by atoms with Crippen LogP contribution in [0.3, 0.4) is 0 Å². The zero-order chi connectivity index (χ0) is 18.0. The van der Waals surface area contributed by atoms with Gasteiger partial charge in [-0.2, -0.15) is 0 Å². The van der Waals surface area contributed by atoms with Crippen LogP contribution in [0.25, 0.3) is 0 Å². The largest absolute Gasteiger partial charge is 0.481 e. The Morgan fingerprint density at radius 2 is 1.58 bits per heavy atom. The van der Waals surface area contributed by atoms with Crippen molar-refractivity contribution >= 4 is 11.6 Å². The lowest BCUT2D eigenvalue weighted by molar-refractivity contribution is -0.122. The highest BCUT2D eigenvalue weighted by molar-refractivity contribution is 5.95. The number of rotatable bonds is 4. The maximum Gasteiger partial charge on any atom is 0.265 e. The molecule has 0 saturated carbocycles. The van der Waals surface area contributed by atoms with Gasteiger partial charge in [-0.3, -0.25) is 4.79 Å². The van der Waals surface area contributed by atoms with Crippen molar-refractivity contribution in [2.75, 3.05) is 5.32 Å². The van der Waals surface area contributed by atoms with Gasteiger partial charge in [0.25, 0.3) is 5.91 Å². The summed E-state index contributed by atoms with van der Waals surface area (Å²) in [6, 6.07) is 8.07. The Morgan fingerprint density at radius 3 is 2.21 bits per heavy atom. The Balaban J connectivity index is 2.16. The molecule has 0 aliphatic rings. The highest BCUT2D eigenvalue weighted by atomic mass is 16.5. The molecule has 128 valence electrons. The molecule has 2 aromatic carbocycles. The van der Waals surface area contributed by atoms with Crippen LogP contribution in [-0.2, 0) is 4.79 Å². The summed E-state index contributed by atoms with van der Waals surface area (Å²) < 4.78 is 5.86. The SMILES string of the molecule is Cc1ccc(OC(C)C(=O)Nc2c(C)cc(C)c(C)c2C)c(C)c1. The summed E-state index contributed by atoms with van der Waals surface area (Å²) in [4.78, 5) is 12.6. The molecule has 0 radical (unpaired) electrons. The van der Waals surface area contributed by atoms with Crippen LogP contribution in [0.1, 0.15) is 40.3 Å². The van der Waals surface area contributed by atoms with E-state index in [9.17, 15) is 4.79 Å². The van der Waals surface area contributed by atoms with E-state index in [0.717, 1.165) is 28.1 Å². The van der Waals surface area contributed by atoms with Crippen LogP contribution in [0.4, 0.5) is 5.69 Å². The van der Waals surface area contributed by atoms with Crippen LogP contribution in [0, 0.1) is 41.5 Å². The van der Waals surface area contributed by atoms with Gasteiger partial charge in [0.2, 0.25) is 0 Å². The van der Waals surface area contributed by atoms with Gasteiger partial charge in [0.15, 0.2) is 6.10 Å². The third kappa shape index (κ3) is 3.78. The van der Waals surface area contributed by atoms with Crippen LogP contribution in [0.15, 0.2) is 24.3 Å². The van der Waals surface area contributed by atoms with E-state index in [1.54, 1.807) is 6.92 Å². The first-order valence-corrected chi connectivity index (χ1v) is 8.33. The highest BCUT2D eigenvalue weighted by Gasteiger charge is 2.18. The number of anilines is 1. The summed E-state index contributed by atoms with van der Waals surface area (Å²) in [5.41, 5.74) is 7.73. The molecular formula is C21H27NO2. The van der Waals surface area contributed by atoms with E-state index in [4.69, 9.17) is 4.74 Å². The molecular weight excluding hydrogens is 298 g/mol. The van der Waals surface area contributed by atoms with Crippen molar-refractivity contribution in [1.29, 1.82) is 0 Å². The number of carbonyl (C=O) groups is 1. The van der Waals surface area contributed by atoms with Gasteiger partial charge in [0.05, 0.1) is 0 Å². The molecule has 24 heavy (non-hydrogen) atoms. The first kappa shape index (κ1) is 18.1. The van der Waals surface area contributed by atoms with E-state index in [-0.39, 0.29) is 5.91 Å². The fraction of sp³-hybridized carbons (Fsp3) is 0.381. The Hall–Kier alpha value is -2.29. The molecule has 0 spiro atoms. The number of carbonyl (C=O) groups excluding carboxylic acids is 1. The molecule has 3 nitrogen and oxygen atoms in total. The molecule has 3 heteroatoms. The maximum absolute atomic E-state index is 12.6. The molecule has 1 unspecified atom stereocenters. The fourth-order valence-corrected chi connectivity index (χ4v) is 2.88. The smallest absolute Gasteiger partial charge is 0.265 e. The summed E-state index contributed by atoms with van der Waals surface area (Å²) in [5, 5.41) is 3.03. The molecule has 0 fully saturated rings. The Kier molecular flexibility index (Phi) is 5.33. The van der Waals surface area contributed by atoms with Crippen LogP contribution in [-0.4, -0.2) is 12.0 Å². The summed E-state index contributed by atoms with van der Waals surface area (Å²) in [6.07, 6.45) is -0.563. The number of aryl methyl sites for hydroxylation is 4. The van der Waals surface area contributed by atoms with Crippen molar-refractivity contribution < 1.29 is 9.53 Å². The lowest BCUT2D eigenvalue weighted by Gasteiger charge is -2.20. The quantitative estimate of drug-likeness (QED) is 0.864. The van der Waals surface area contributed by atoms with Gasteiger partial charge in [0, 0.05) is 5.69 Å². The van der Waals surface area contributed by atoms with E-state index in [0.29, 0.717) is 0 Å².